The number of ether oxygens (including phenoxy) is 1. The first-order valence-electron chi connectivity index (χ1n) is 4.77. The number of thioether (sulfide) groups is 1. The Labute approximate surface area is 88.8 Å². The molecule has 14 heavy (non-hydrogen) atoms. The van der Waals surface area contributed by atoms with Crippen LogP contribution in [0.5, 0.6) is 0 Å². The molecule has 0 aromatic rings. The molecule has 86 valence electrons. The Balaban J connectivity index is 3.40. The van der Waals surface area contributed by atoms with Crippen molar-refractivity contribution in [2.75, 3.05) is 38.3 Å². The monoisotopic (exact) mass is 227 g/mol. The van der Waals surface area contributed by atoms with Gasteiger partial charge in [-0.2, -0.15) is 11.8 Å². The summed E-state index contributed by atoms with van der Waals surface area (Å²) < 4.78 is 30.8. The van der Waals surface area contributed by atoms with Crippen LogP contribution in [0.15, 0.2) is 0 Å². The van der Waals surface area contributed by atoms with E-state index in [9.17, 15) is 8.78 Å². The first kappa shape index (κ1) is 14.1. The minimum Gasteiger partial charge on any atom is -0.374 e. The molecule has 0 heterocycles. The van der Waals surface area contributed by atoms with Gasteiger partial charge in [0, 0.05) is 5.75 Å². The molecule has 0 spiro atoms. The molecule has 0 atom stereocenters. The highest BCUT2D eigenvalue weighted by molar-refractivity contribution is 7.98. The van der Waals surface area contributed by atoms with Gasteiger partial charge in [-0.15, -0.1) is 0 Å². The molecule has 0 aromatic heterocycles. The van der Waals surface area contributed by atoms with E-state index < -0.39 is 12.5 Å². The lowest BCUT2D eigenvalue weighted by molar-refractivity contribution is -0.0714. The van der Waals surface area contributed by atoms with Crippen LogP contribution in [-0.2, 0) is 4.74 Å². The zero-order chi connectivity index (χ0) is 10.9. The fourth-order valence-electron chi connectivity index (χ4n) is 0.863. The second-order valence-corrected chi connectivity index (χ2v) is 4.06. The Morgan fingerprint density at radius 3 is 2.71 bits per heavy atom. The summed E-state index contributed by atoms with van der Waals surface area (Å²) in [6.45, 7) is 2.19. The molecule has 0 saturated heterocycles. The predicted octanol–water partition coefficient (Wildman–Crippen LogP) is 2.00. The van der Waals surface area contributed by atoms with E-state index in [0.29, 0.717) is 13.2 Å². The molecule has 2 nitrogen and oxygen atoms in total. The van der Waals surface area contributed by atoms with Crippen LogP contribution in [0.4, 0.5) is 8.78 Å². The number of halogens is 2. The van der Waals surface area contributed by atoms with Crippen molar-refractivity contribution in [1.29, 1.82) is 0 Å². The molecule has 0 saturated carbocycles. The maximum atomic E-state index is 13.0. The Morgan fingerprint density at radius 2 is 2.14 bits per heavy atom. The van der Waals surface area contributed by atoms with E-state index in [1.165, 1.54) is 0 Å². The molecular formula is C9H19F2NOS. The van der Waals surface area contributed by atoms with Crippen molar-refractivity contribution in [2.45, 2.75) is 19.3 Å². The Kier molecular flexibility index (Phi) is 8.52. The third-order valence-electron chi connectivity index (χ3n) is 1.56. The summed E-state index contributed by atoms with van der Waals surface area (Å²) in [5, 5.41) is 2.68. The summed E-state index contributed by atoms with van der Waals surface area (Å²) in [6.07, 6.45) is 2.79. The van der Waals surface area contributed by atoms with Crippen LogP contribution in [-0.4, -0.2) is 44.2 Å². The summed E-state index contributed by atoms with van der Waals surface area (Å²) in [4.78, 5) is 0. The van der Waals surface area contributed by atoms with E-state index in [-0.39, 0.29) is 6.54 Å². The number of hydrogen-bond donors (Lipinski definition) is 1. The third-order valence-corrected chi connectivity index (χ3v) is 2.13. The van der Waals surface area contributed by atoms with Gasteiger partial charge in [-0.05, 0) is 19.2 Å². The molecule has 0 radical (unpaired) electrons. The van der Waals surface area contributed by atoms with Crippen molar-refractivity contribution in [3.63, 3.8) is 0 Å². The molecule has 0 bridgehead atoms. The van der Waals surface area contributed by atoms with Gasteiger partial charge < -0.3 is 10.1 Å². The standard InChI is InChI=1S/C9H19F2NOS/c1-3-4-12-7-9(10,11)8-13-5-6-14-2/h12H,3-8H2,1-2H3. The highest BCUT2D eigenvalue weighted by Crippen LogP contribution is 2.12. The number of alkyl halides is 2. The van der Waals surface area contributed by atoms with Crippen LogP contribution in [0.2, 0.25) is 0 Å². The topological polar surface area (TPSA) is 21.3 Å². The first-order valence-corrected chi connectivity index (χ1v) is 6.17. The molecule has 0 fully saturated rings. The van der Waals surface area contributed by atoms with E-state index in [1.54, 1.807) is 11.8 Å². The highest BCUT2D eigenvalue weighted by atomic mass is 32.2. The van der Waals surface area contributed by atoms with Gasteiger partial charge in [0.15, 0.2) is 0 Å². The first-order chi connectivity index (χ1) is 6.62. The summed E-state index contributed by atoms with van der Waals surface area (Å²) in [7, 11) is 0. The van der Waals surface area contributed by atoms with E-state index in [0.717, 1.165) is 12.2 Å². The lowest BCUT2D eigenvalue weighted by Gasteiger charge is -2.16. The van der Waals surface area contributed by atoms with Crippen LogP contribution in [0.1, 0.15) is 13.3 Å². The Bertz CT molecular complexity index is 136. The largest absolute Gasteiger partial charge is 0.374 e. The molecule has 0 aliphatic rings. The predicted molar refractivity (Wildman–Crippen MR) is 57.3 cm³/mol. The third kappa shape index (κ3) is 8.72. The van der Waals surface area contributed by atoms with E-state index in [1.807, 2.05) is 13.2 Å². The maximum Gasteiger partial charge on any atom is 0.283 e. The van der Waals surface area contributed by atoms with Crippen molar-refractivity contribution < 1.29 is 13.5 Å². The van der Waals surface area contributed by atoms with E-state index >= 15 is 0 Å². The average Bonchev–Trinajstić information content (AvgIpc) is 2.13. The van der Waals surface area contributed by atoms with Crippen molar-refractivity contribution in [3.8, 4) is 0 Å². The van der Waals surface area contributed by atoms with Crippen LogP contribution >= 0.6 is 11.8 Å². The second kappa shape index (κ2) is 8.44. The number of hydrogen-bond acceptors (Lipinski definition) is 3. The van der Waals surface area contributed by atoms with Crippen molar-refractivity contribution >= 4 is 11.8 Å². The van der Waals surface area contributed by atoms with Gasteiger partial charge in [-0.25, -0.2) is 8.78 Å². The van der Waals surface area contributed by atoms with Crippen molar-refractivity contribution in [2.24, 2.45) is 0 Å². The number of nitrogens with one attached hydrogen (secondary N) is 1. The smallest absolute Gasteiger partial charge is 0.283 e. The lowest BCUT2D eigenvalue weighted by atomic mass is 10.3. The summed E-state index contributed by atoms with van der Waals surface area (Å²) in [6, 6.07) is 0. The summed E-state index contributed by atoms with van der Waals surface area (Å²) in [5.74, 6) is -1.98. The molecular weight excluding hydrogens is 208 g/mol. The average molecular weight is 227 g/mol. The minimum absolute atomic E-state index is 0.292. The van der Waals surface area contributed by atoms with Gasteiger partial charge in [0.25, 0.3) is 5.92 Å². The van der Waals surface area contributed by atoms with Gasteiger partial charge in [0.05, 0.1) is 13.2 Å². The zero-order valence-electron chi connectivity index (χ0n) is 8.82. The summed E-state index contributed by atoms with van der Waals surface area (Å²) >= 11 is 1.59. The zero-order valence-corrected chi connectivity index (χ0v) is 9.63. The molecule has 0 rings (SSSR count). The minimum atomic E-state index is -2.74. The van der Waals surface area contributed by atoms with Gasteiger partial charge in [0.2, 0.25) is 0 Å². The van der Waals surface area contributed by atoms with Crippen LogP contribution in [0.3, 0.4) is 0 Å². The Morgan fingerprint density at radius 1 is 1.43 bits per heavy atom. The van der Waals surface area contributed by atoms with Crippen LogP contribution in [0, 0.1) is 0 Å². The molecule has 0 aliphatic carbocycles. The van der Waals surface area contributed by atoms with Gasteiger partial charge >= 0.3 is 0 Å². The van der Waals surface area contributed by atoms with Gasteiger partial charge in [-0.3, -0.25) is 0 Å². The van der Waals surface area contributed by atoms with Gasteiger partial charge in [-0.1, -0.05) is 6.92 Å². The Hall–Kier alpha value is 0.130. The molecule has 0 aromatic carbocycles. The lowest BCUT2D eigenvalue weighted by Crippen LogP contribution is -2.37. The fourth-order valence-corrected chi connectivity index (χ4v) is 1.15. The summed E-state index contributed by atoms with van der Waals surface area (Å²) in [5.41, 5.74) is 0. The van der Waals surface area contributed by atoms with Crippen LogP contribution in [0.25, 0.3) is 0 Å². The molecule has 1 N–H and O–H groups in total. The van der Waals surface area contributed by atoms with E-state index in [4.69, 9.17) is 4.74 Å². The number of rotatable bonds is 9. The molecule has 0 aliphatic heterocycles. The SMILES string of the molecule is CCCNCC(F)(F)COCCSC. The van der Waals surface area contributed by atoms with E-state index in [2.05, 4.69) is 5.32 Å². The second-order valence-electron chi connectivity index (χ2n) is 3.08. The molecule has 5 heteroatoms. The highest BCUT2D eigenvalue weighted by Gasteiger charge is 2.28. The van der Waals surface area contributed by atoms with Crippen molar-refractivity contribution in [1.82, 2.24) is 5.32 Å². The maximum absolute atomic E-state index is 13.0. The molecule has 0 amide bonds. The fraction of sp³-hybridized carbons (Fsp3) is 1.00. The quantitative estimate of drug-likeness (QED) is 0.609. The van der Waals surface area contributed by atoms with Crippen molar-refractivity contribution in [3.05, 3.63) is 0 Å². The van der Waals surface area contributed by atoms with Gasteiger partial charge in [0.1, 0.15) is 6.61 Å². The van der Waals surface area contributed by atoms with Crippen LogP contribution < -0.4 is 5.32 Å². The molecule has 0 unspecified atom stereocenters. The normalized spacial score (nSPS) is 12.0.